The maximum absolute atomic E-state index is 13.0. The average Bonchev–Trinajstić information content (AvgIpc) is 2.86. The molecular weight excluding hydrogens is 450 g/mol. The Hall–Kier alpha value is -2.54. The van der Waals surface area contributed by atoms with Crippen molar-refractivity contribution in [1.29, 1.82) is 0 Å². The third-order valence-corrected chi connectivity index (χ3v) is 8.61. The molecular formula is C29H45N5O2. The molecule has 0 radical (unpaired) electrons. The summed E-state index contributed by atoms with van der Waals surface area (Å²) in [5.41, 5.74) is 3.90. The smallest absolute Gasteiger partial charge is 0.321 e. The van der Waals surface area contributed by atoms with Crippen molar-refractivity contribution in [2.24, 2.45) is 17.3 Å². The number of anilines is 1. The maximum atomic E-state index is 13.0. The molecule has 1 aromatic rings. The highest BCUT2D eigenvalue weighted by Crippen LogP contribution is 2.59. The van der Waals surface area contributed by atoms with Gasteiger partial charge in [0.1, 0.15) is 0 Å². The van der Waals surface area contributed by atoms with Crippen molar-refractivity contribution in [3.8, 4) is 0 Å². The topological polar surface area (TPSA) is 67.9 Å². The van der Waals surface area contributed by atoms with Crippen LogP contribution in [0.2, 0.25) is 0 Å². The molecule has 198 valence electrons. The lowest BCUT2D eigenvalue weighted by atomic mass is 9.49. The van der Waals surface area contributed by atoms with E-state index in [1.807, 2.05) is 35.8 Å². The predicted octanol–water partition coefficient (Wildman–Crippen LogP) is 4.81. The summed E-state index contributed by atoms with van der Waals surface area (Å²) < 4.78 is 0. The molecule has 1 saturated heterocycles. The summed E-state index contributed by atoms with van der Waals surface area (Å²) >= 11 is 0. The fourth-order valence-electron chi connectivity index (χ4n) is 5.93. The molecule has 2 atom stereocenters. The molecule has 0 aromatic heterocycles. The molecule has 5 rings (SSSR count). The van der Waals surface area contributed by atoms with Gasteiger partial charge in [-0.05, 0) is 68.1 Å². The van der Waals surface area contributed by atoms with Gasteiger partial charge in [-0.15, -0.1) is 0 Å². The number of aryl methyl sites for hydroxylation is 1. The van der Waals surface area contributed by atoms with Crippen LogP contribution in [0.5, 0.6) is 0 Å². The third-order valence-electron chi connectivity index (χ3n) is 8.61. The zero-order valence-corrected chi connectivity index (χ0v) is 22.8. The number of allylic oxidation sites excluding steroid dienone is 1. The number of benzene rings is 1. The summed E-state index contributed by atoms with van der Waals surface area (Å²) in [4.78, 5) is 32.0. The Morgan fingerprint density at radius 1 is 1.11 bits per heavy atom. The number of nitrogens with zero attached hydrogens (tertiary/aromatic N) is 3. The lowest BCUT2D eigenvalue weighted by Crippen LogP contribution is -2.54. The van der Waals surface area contributed by atoms with Gasteiger partial charge in [0.2, 0.25) is 0 Å². The Balaban J connectivity index is 1.27. The molecule has 0 spiro atoms. The summed E-state index contributed by atoms with van der Waals surface area (Å²) in [5, 5.41) is 6.12. The molecule has 2 fully saturated rings. The number of hydrogen-bond acceptors (Lipinski definition) is 3. The first-order valence-electron chi connectivity index (χ1n) is 13.8. The summed E-state index contributed by atoms with van der Waals surface area (Å²) in [7, 11) is 0. The first kappa shape index (κ1) is 26.5. The molecule has 1 aromatic carbocycles. The minimum Gasteiger partial charge on any atom is -0.336 e. The Morgan fingerprint density at radius 3 is 2.39 bits per heavy atom. The predicted molar refractivity (Wildman–Crippen MR) is 146 cm³/mol. The maximum Gasteiger partial charge on any atom is 0.321 e. The third kappa shape index (κ3) is 6.05. The van der Waals surface area contributed by atoms with E-state index in [9.17, 15) is 9.59 Å². The molecule has 3 aliphatic carbocycles. The van der Waals surface area contributed by atoms with Crippen LogP contribution in [0.25, 0.3) is 0 Å². The minimum atomic E-state index is -0.0394. The van der Waals surface area contributed by atoms with Crippen LogP contribution in [-0.4, -0.2) is 78.6 Å². The van der Waals surface area contributed by atoms with Crippen LogP contribution in [0.15, 0.2) is 35.9 Å². The average molecular weight is 496 g/mol. The number of urea groups is 2. The zero-order valence-electron chi connectivity index (χ0n) is 22.8. The van der Waals surface area contributed by atoms with E-state index < -0.39 is 0 Å². The Bertz CT molecular complexity index is 947. The quantitative estimate of drug-likeness (QED) is 0.509. The van der Waals surface area contributed by atoms with Gasteiger partial charge in [0, 0.05) is 57.5 Å². The van der Waals surface area contributed by atoms with E-state index in [-0.39, 0.29) is 18.1 Å². The standard InChI is InChI=1S/C29H45N5O2/c1-6-22-7-11-25(12-8-22)31-28(36)33-16-13-32(14-17-33)15-18-34(27(35)30-21(2)3)20-23-9-10-24-19-26(23)29(24,4)5/h7-9,11-12,21,24,26H,6,10,13-20H2,1-5H3,(H,30,35)(H,31,36). The number of carbonyl (C=O) groups is 2. The molecule has 1 saturated carbocycles. The van der Waals surface area contributed by atoms with Crippen LogP contribution in [0.4, 0.5) is 15.3 Å². The normalized spacial score (nSPS) is 23.1. The fourth-order valence-corrected chi connectivity index (χ4v) is 5.93. The molecule has 4 amide bonds. The molecule has 2 unspecified atom stereocenters. The summed E-state index contributed by atoms with van der Waals surface area (Å²) in [5.74, 6) is 1.40. The van der Waals surface area contributed by atoms with Gasteiger partial charge in [-0.1, -0.05) is 44.6 Å². The van der Waals surface area contributed by atoms with Crippen molar-refractivity contribution in [3.05, 3.63) is 41.5 Å². The van der Waals surface area contributed by atoms with Gasteiger partial charge in [0.25, 0.3) is 0 Å². The van der Waals surface area contributed by atoms with E-state index >= 15 is 0 Å². The first-order chi connectivity index (χ1) is 17.2. The second-order valence-electron chi connectivity index (χ2n) is 11.7. The van der Waals surface area contributed by atoms with Crippen LogP contribution < -0.4 is 10.6 Å². The summed E-state index contributed by atoms with van der Waals surface area (Å²) in [6.45, 7) is 16.2. The van der Waals surface area contributed by atoms with Gasteiger partial charge < -0.3 is 20.4 Å². The van der Waals surface area contributed by atoms with Crippen LogP contribution in [0, 0.1) is 17.3 Å². The summed E-state index contributed by atoms with van der Waals surface area (Å²) in [6.07, 6.45) is 5.80. The number of piperazine rings is 1. The minimum absolute atomic E-state index is 0.0252. The zero-order chi connectivity index (χ0) is 25.9. The number of nitrogens with one attached hydrogen (secondary N) is 2. The van der Waals surface area contributed by atoms with Crippen LogP contribution in [-0.2, 0) is 6.42 Å². The molecule has 7 heteroatoms. The monoisotopic (exact) mass is 495 g/mol. The molecule has 2 N–H and O–H groups in total. The van der Waals surface area contributed by atoms with Crippen molar-refractivity contribution in [1.82, 2.24) is 20.0 Å². The lowest BCUT2D eigenvalue weighted by Gasteiger charge is -2.57. The van der Waals surface area contributed by atoms with Gasteiger partial charge in [-0.2, -0.15) is 0 Å². The van der Waals surface area contributed by atoms with Gasteiger partial charge in [-0.25, -0.2) is 9.59 Å². The van der Waals surface area contributed by atoms with E-state index in [1.165, 1.54) is 17.6 Å². The second-order valence-corrected chi connectivity index (χ2v) is 11.7. The second kappa shape index (κ2) is 11.2. The van der Waals surface area contributed by atoms with Gasteiger partial charge in [-0.3, -0.25) is 4.90 Å². The highest BCUT2D eigenvalue weighted by atomic mass is 16.2. The van der Waals surface area contributed by atoms with E-state index in [2.05, 4.69) is 54.5 Å². The van der Waals surface area contributed by atoms with E-state index in [0.717, 1.165) is 50.6 Å². The van der Waals surface area contributed by atoms with Gasteiger partial charge in [0.05, 0.1) is 0 Å². The van der Waals surface area contributed by atoms with Gasteiger partial charge in [0.15, 0.2) is 0 Å². The number of carbonyl (C=O) groups excluding carboxylic acids is 2. The first-order valence-corrected chi connectivity index (χ1v) is 13.8. The Labute approximate surface area is 217 Å². The van der Waals surface area contributed by atoms with Crippen molar-refractivity contribution in [3.63, 3.8) is 0 Å². The van der Waals surface area contributed by atoms with Gasteiger partial charge >= 0.3 is 12.1 Å². The number of fused-ring (bicyclic) bond motifs is 1. The SMILES string of the molecule is CCc1ccc(NC(=O)N2CCN(CCN(CC3=CCC4CC3C4(C)C)C(=O)NC(C)C)CC2)cc1. The largest absolute Gasteiger partial charge is 0.336 e. The van der Waals surface area contributed by atoms with E-state index in [0.29, 0.717) is 31.0 Å². The molecule has 2 bridgehead atoms. The van der Waals surface area contributed by atoms with E-state index in [1.54, 1.807) is 0 Å². The van der Waals surface area contributed by atoms with Crippen molar-refractivity contribution in [2.45, 2.75) is 59.9 Å². The number of hydrogen-bond donors (Lipinski definition) is 2. The number of rotatable bonds is 8. The number of amides is 4. The fraction of sp³-hybridized carbons (Fsp3) is 0.655. The van der Waals surface area contributed by atoms with Crippen molar-refractivity contribution < 1.29 is 9.59 Å². The van der Waals surface area contributed by atoms with Crippen LogP contribution >= 0.6 is 0 Å². The molecule has 7 nitrogen and oxygen atoms in total. The summed E-state index contributed by atoms with van der Waals surface area (Å²) in [6, 6.07) is 8.15. The molecule has 4 aliphatic rings. The van der Waals surface area contributed by atoms with E-state index in [4.69, 9.17) is 0 Å². The Kier molecular flexibility index (Phi) is 8.28. The molecule has 1 aliphatic heterocycles. The van der Waals surface area contributed by atoms with Crippen LogP contribution in [0.3, 0.4) is 0 Å². The molecule has 36 heavy (non-hydrogen) atoms. The van der Waals surface area contributed by atoms with Crippen LogP contribution in [0.1, 0.15) is 53.0 Å². The highest BCUT2D eigenvalue weighted by molar-refractivity contribution is 5.89. The van der Waals surface area contributed by atoms with Crippen molar-refractivity contribution in [2.75, 3.05) is 51.1 Å². The highest BCUT2D eigenvalue weighted by Gasteiger charge is 2.51. The Morgan fingerprint density at radius 2 is 1.81 bits per heavy atom. The molecule has 1 heterocycles. The lowest BCUT2D eigenvalue weighted by molar-refractivity contribution is -0.00984. The van der Waals surface area contributed by atoms with Crippen molar-refractivity contribution >= 4 is 17.7 Å².